The molecular weight excluding hydrogens is 234 g/mol. The molecule has 0 amide bonds. The number of halogens is 1. The minimum atomic E-state index is 0.577. The Bertz CT molecular complexity index is 447. The number of nitrogens with two attached hydrogens (primary N) is 1. The molecular formula is C9H8ClN3OS. The number of nitrogen functional groups attached to an aromatic ring is 1. The second kappa shape index (κ2) is 4.55. The fourth-order valence-corrected chi connectivity index (χ4v) is 2.15. The molecule has 1 heterocycles. The lowest BCUT2D eigenvalue weighted by molar-refractivity contribution is 0.390. The predicted octanol–water partition coefficient (Wildman–Crippen LogP) is 2.60. The minimum Gasteiger partial charge on any atom is -0.399 e. The summed E-state index contributed by atoms with van der Waals surface area (Å²) in [6.07, 6.45) is 1.38. The normalized spacial score (nSPS) is 10.5. The van der Waals surface area contributed by atoms with E-state index in [1.807, 2.05) is 12.1 Å². The summed E-state index contributed by atoms with van der Waals surface area (Å²) in [7, 11) is 0. The fourth-order valence-electron chi connectivity index (χ4n) is 1.03. The molecule has 1 aromatic carbocycles. The molecule has 0 saturated carbocycles. The molecule has 0 aliphatic carbocycles. The van der Waals surface area contributed by atoms with Crippen molar-refractivity contribution in [2.75, 3.05) is 5.73 Å². The summed E-state index contributed by atoms with van der Waals surface area (Å²) >= 11 is 7.53. The second-order valence-electron chi connectivity index (χ2n) is 2.81. The average Bonchev–Trinajstić information content (AvgIpc) is 2.69. The van der Waals surface area contributed by atoms with Gasteiger partial charge in [-0.05, 0) is 18.2 Å². The first-order chi connectivity index (χ1) is 7.25. The van der Waals surface area contributed by atoms with Crippen molar-refractivity contribution in [1.29, 1.82) is 0 Å². The topological polar surface area (TPSA) is 64.9 Å². The molecule has 2 aromatic rings. The number of hydrogen-bond donors (Lipinski definition) is 1. The highest BCUT2D eigenvalue weighted by molar-refractivity contribution is 7.98. The number of benzene rings is 1. The maximum atomic E-state index is 6.00. The fraction of sp³-hybridized carbons (Fsp3) is 0.111. The first kappa shape index (κ1) is 10.3. The standard InChI is InChI=1S/C9H8ClN3OS/c10-7-3-6(11)1-2-8(7)15-4-9-12-5-13-14-9/h1-3,5H,4,11H2. The van der Waals surface area contributed by atoms with Crippen LogP contribution in [-0.4, -0.2) is 10.1 Å². The summed E-state index contributed by atoms with van der Waals surface area (Å²) in [6.45, 7) is 0. The van der Waals surface area contributed by atoms with Crippen molar-refractivity contribution in [2.45, 2.75) is 10.6 Å². The molecule has 1 aromatic heterocycles. The Morgan fingerprint density at radius 2 is 2.33 bits per heavy atom. The Labute approximate surface area is 95.8 Å². The molecule has 0 atom stereocenters. The zero-order valence-electron chi connectivity index (χ0n) is 7.68. The van der Waals surface area contributed by atoms with Crippen LogP contribution >= 0.6 is 23.4 Å². The Balaban J connectivity index is 2.05. The molecule has 0 unspecified atom stereocenters. The van der Waals surface area contributed by atoms with Gasteiger partial charge in [0.1, 0.15) is 0 Å². The van der Waals surface area contributed by atoms with Crippen molar-refractivity contribution in [3.8, 4) is 0 Å². The van der Waals surface area contributed by atoms with E-state index in [2.05, 4.69) is 10.1 Å². The van der Waals surface area contributed by atoms with Crippen molar-refractivity contribution in [3.63, 3.8) is 0 Å². The third-order valence-electron chi connectivity index (χ3n) is 1.71. The third-order valence-corrected chi connectivity index (χ3v) is 3.20. The van der Waals surface area contributed by atoms with E-state index >= 15 is 0 Å². The number of anilines is 1. The molecule has 0 saturated heterocycles. The van der Waals surface area contributed by atoms with Crippen LogP contribution in [0.1, 0.15) is 5.89 Å². The summed E-state index contributed by atoms with van der Waals surface area (Å²) in [5, 5.41) is 4.16. The number of rotatable bonds is 3. The van der Waals surface area contributed by atoms with Crippen molar-refractivity contribution in [1.82, 2.24) is 10.1 Å². The maximum Gasteiger partial charge on any atom is 0.236 e. The number of thioether (sulfide) groups is 1. The Morgan fingerprint density at radius 3 is 3.00 bits per heavy atom. The highest BCUT2D eigenvalue weighted by Gasteiger charge is 2.04. The van der Waals surface area contributed by atoms with E-state index in [-0.39, 0.29) is 0 Å². The van der Waals surface area contributed by atoms with E-state index in [4.69, 9.17) is 21.9 Å². The largest absolute Gasteiger partial charge is 0.399 e. The van der Waals surface area contributed by atoms with Gasteiger partial charge in [-0.2, -0.15) is 4.98 Å². The van der Waals surface area contributed by atoms with Crippen LogP contribution < -0.4 is 5.73 Å². The Hall–Kier alpha value is -1.20. The van der Waals surface area contributed by atoms with Crippen LogP contribution in [0.15, 0.2) is 33.9 Å². The molecule has 0 spiro atoms. The van der Waals surface area contributed by atoms with Gasteiger partial charge in [-0.1, -0.05) is 16.8 Å². The molecule has 0 fully saturated rings. The smallest absolute Gasteiger partial charge is 0.236 e. The zero-order chi connectivity index (χ0) is 10.7. The number of aromatic nitrogens is 2. The van der Waals surface area contributed by atoms with E-state index in [0.29, 0.717) is 22.4 Å². The lowest BCUT2D eigenvalue weighted by atomic mass is 10.3. The highest BCUT2D eigenvalue weighted by Crippen LogP contribution is 2.30. The first-order valence-corrected chi connectivity index (χ1v) is 5.55. The SMILES string of the molecule is Nc1ccc(SCc2ncno2)c(Cl)c1. The third kappa shape index (κ3) is 2.64. The molecule has 2 rings (SSSR count). The van der Waals surface area contributed by atoms with E-state index in [9.17, 15) is 0 Å². The number of hydrogen-bond acceptors (Lipinski definition) is 5. The molecule has 4 nitrogen and oxygen atoms in total. The summed E-state index contributed by atoms with van der Waals surface area (Å²) in [5.41, 5.74) is 6.24. The summed E-state index contributed by atoms with van der Waals surface area (Å²) in [5.74, 6) is 1.18. The summed E-state index contributed by atoms with van der Waals surface area (Å²) in [4.78, 5) is 4.86. The van der Waals surface area contributed by atoms with Gasteiger partial charge in [0.15, 0.2) is 6.33 Å². The van der Waals surface area contributed by atoms with Crippen molar-refractivity contribution in [2.24, 2.45) is 0 Å². The monoisotopic (exact) mass is 241 g/mol. The Kier molecular flexibility index (Phi) is 3.13. The van der Waals surface area contributed by atoms with Crippen LogP contribution in [0.2, 0.25) is 5.02 Å². The molecule has 0 bridgehead atoms. The van der Waals surface area contributed by atoms with Gasteiger partial charge in [0.2, 0.25) is 5.89 Å². The quantitative estimate of drug-likeness (QED) is 0.661. The molecule has 0 aliphatic rings. The van der Waals surface area contributed by atoms with Crippen molar-refractivity contribution >= 4 is 29.1 Å². The zero-order valence-corrected chi connectivity index (χ0v) is 9.26. The van der Waals surface area contributed by atoms with Crippen LogP contribution in [0.4, 0.5) is 5.69 Å². The van der Waals surface area contributed by atoms with Crippen LogP contribution in [0.25, 0.3) is 0 Å². The van der Waals surface area contributed by atoms with Gasteiger partial charge in [0, 0.05) is 10.6 Å². The van der Waals surface area contributed by atoms with Gasteiger partial charge in [-0.3, -0.25) is 0 Å². The molecule has 15 heavy (non-hydrogen) atoms. The van der Waals surface area contributed by atoms with Crippen LogP contribution in [-0.2, 0) is 5.75 Å². The van der Waals surface area contributed by atoms with Crippen molar-refractivity contribution in [3.05, 3.63) is 35.4 Å². The van der Waals surface area contributed by atoms with Crippen LogP contribution in [0.3, 0.4) is 0 Å². The lowest BCUT2D eigenvalue weighted by Crippen LogP contribution is -1.85. The van der Waals surface area contributed by atoms with Crippen LogP contribution in [0, 0.1) is 0 Å². The predicted molar refractivity (Wildman–Crippen MR) is 59.7 cm³/mol. The number of nitrogens with zero attached hydrogens (tertiary/aromatic N) is 2. The minimum absolute atomic E-state index is 0.577. The van der Waals surface area contributed by atoms with Gasteiger partial charge in [0.05, 0.1) is 10.8 Å². The molecule has 6 heteroatoms. The van der Waals surface area contributed by atoms with E-state index in [1.54, 1.807) is 6.07 Å². The van der Waals surface area contributed by atoms with E-state index in [0.717, 1.165) is 4.90 Å². The highest BCUT2D eigenvalue weighted by atomic mass is 35.5. The maximum absolute atomic E-state index is 6.00. The van der Waals surface area contributed by atoms with E-state index < -0.39 is 0 Å². The average molecular weight is 242 g/mol. The summed E-state index contributed by atoms with van der Waals surface area (Å²) in [6, 6.07) is 5.40. The van der Waals surface area contributed by atoms with Crippen LogP contribution in [0.5, 0.6) is 0 Å². The lowest BCUT2D eigenvalue weighted by Gasteiger charge is -2.02. The van der Waals surface area contributed by atoms with Gasteiger partial charge >= 0.3 is 0 Å². The van der Waals surface area contributed by atoms with E-state index in [1.165, 1.54) is 18.1 Å². The molecule has 0 radical (unpaired) electrons. The second-order valence-corrected chi connectivity index (χ2v) is 4.24. The van der Waals surface area contributed by atoms with Gasteiger partial charge in [0.25, 0.3) is 0 Å². The molecule has 0 aliphatic heterocycles. The Morgan fingerprint density at radius 1 is 1.47 bits per heavy atom. The molecule has 2 N–H and O–H groups in total. The van der Waals surface area contributed by atoms with Gasteiger partial charge < -0.3 is 10.3 Å². The van der Waals surface area contributed by atoms with Gasteiger partial charge in [-0.15, -0.1) is 11.8 Å². The van der Waals surface area contributed by atoms with Gasteiger partial charge in [-0.25, -0.2) is 0 Å². The molecule has 78 valence electrons. The first-order valence-electron chi connectivity index (χ1n) is 4.19. The van der Waals surface area contributed by atoms with Crippen molar-refractivity contribution < 1.29 is 4.52 Å². The summed E-state index contributed by atoms with van der Waals surface area (Å²) < 4.78 is 4.87.